The van der Waals surface area contributed by atoms with Crippen molar-refractivity contribution < 1.29 is 0 Å². The van der Waals surface area contributed by atoms with E-state index in [1.54, 1.807) is 0 Å². The van der Waals surface area contributed by atoms with E-state index in [4.69, 9.17) is 20.1 Å². The van der Waals surface area contributed by atoms with Crippen LogP contribution in [0.2, 0.25) is 0 Å². The maximum absolute atomic E-state index is 4.78. The monoisotopic (exact) mass is 128 g/mol. The van der Waals surface area contributed by atoms with Gasteiger partial charge in [0.2, 0.25) is 0 Å². The third-order valence-corrected chi connectivity index (χ3v) is 0. The summed E-state index contributed by atoms with van der Waals surface area (Å²) in [4.78, 5) is 0. The van der Waals surface area contributed by atoms with Crippen LogP contribution in [0.25, 0.3) is 0 Å². The van der Waals surface area contributed by atoms with Crippen LogP contribution in [0.5, 0.6) is 0 Å². The summed E-state index contributed by atoms with van der Waals surface area (Å²) < 4.78 is 0. The van der Waals surface area contributed by atoms with Crippen LogP contribution in [0.4, 0.5) is 0 Å². The zero-order valence-electron chi connectivity index (χ0n) is 2.76. The van der Waals surface area contributed by atoms with Gasteiger partial charge in [-0.25, -0.2) is 0 Å². The molecule has 0 radical (unpaired) electrons. The normalized spacial score (nSPS) is 2.50. The van der Waals surface area contributed by atoms with Gasteiger partial charge in [-0.3, -0.25) is 20.1 Å². The second kappa shape index (κ2) is 22.8. The van der Waals surface area contributed by atoms with E-state index in [0.29, 0.717) is 0 Å². The molecule has 0 spiro atoms. The molecule has 0 aromatic heterocycles. The molecular weight excluding hydrogens is 125 g/mol. The molecule has 0 bridgehead atoms. The minimum Gasteiger partial charge on any atom is -0.273 e. The average molecular weight is 129 g/mol. The Morgan fingerprint density at radius 2 is 0.750 bits per heavy atom. The molecule has 4 heteroatoms. The smallest absolute Gasteiger partial charge is 0.273 e. The van der Waals surface area contributed by atoms with Crippen molar-refractivity contribution in [3.05, 3.63) is 0 Å². The molecule has 0 aromatic rings. The van der Waals surface area contributed by atoms with Crippen molar-refractivity contribution in [3.8, 4) is 0 Å². The first-order valence-electron chi connectivity index (χ1n) is 0.756. The van der Waals surface area contributed by atoms with Gasteiger partial charge in [-0.1, -0.05) is 0 Å². The molecule has 0 N–H and O–H groups in total. The van der Waals surface area contributed by atoms with Crippen LogP contribution in [0.3, 0.4) is 0 Å². The zero-order valence-corrected chi connectivity index (χ0v) is 8.27. The minimum atomic E-state index is 0.778. The maximum atomic E-state index is 4.78. The second-order valence-corrected chi connectivity index (χ2v) is 0. The van der Waals surface area contributed by atoms with Crippen LogP contribution in [0.1, 0.15) is 0 Å². The third-order valence-electron chi connectivity index (χ3n) is 0. The largest absolute Gasteiger partial charge is 0.353 e. The topological polar surface area (TPSA) is 0 Å². The van der Waals surface area contributed by atoms with Gasteiger partial charge in [0.25, 0.3) is 0 Å². The van der Waals surface area contributed by atoms with Crippen LogP contribution in [-0.4, -0.2) is 30.7 Å². The highest BCUT2D eigenvalue weighted by Crippen LogP contribution is 1.29. The Labute approximate surface area is 50.7 Å². The van der Waals surface area contributed by atoms with Crippen molar-refractivity contribution in [2.45, 2.75) is 0 Å². The summed E-state index contributed by atoms with van der Waals surface area (Å²) >= 11 is 1.56. The van der Waals surface area contributed by atoms with Crippen LogP contribution in [0.15, 0.2) is 0 Å². The van der Waals surface area contributed by atoms with E-state index >= 15 is 0 Å². The van der Waals surface area contributed by atoms with Gasteiger partial charge in [0.15, 0.2) is 0 Å². The second-order valence-electron chi connectivity index (χ2n) is 0. The van der Waals surface area contributed by atoms with Crippen molar-refractivity contribution in [1.82, 2.24) is 0 Å². The first-order chi connectivity index (χ1) is 2.00. The molecule has 0 aliphatic heterocycles. The molecule has 0 aliphatic rings. The summed E-state index contributed by atoms with van der Waals surface area (Å²) in [7, 11) is 9.56. The molecule has 0 saturated carbocycles. The van der Waals surface area contributed by atoms with Gasteiger partial charge in [-0.2, -0.15) is 0 Å². The van der Waals surface area contributed by atoms with E-state index in [1.165, 1.54) is 0 Å². The Kier molecular flexibility index (Phi) is 52.3. The lowest BCUT2D eigenvalue weighted by molar-refractivity contribution is 4.80. The van der Waals surface area contributed by atoms with Crippen molar-refractivity contribution in [3.63, 3.8) is 0 Å². The van der Waals surface area contributed by atoms with Gasteiger partial charge in [0.1, 0.15) is 0 Å². The minimum absolute atomic E-state index is 0.778. The molecule has 0 rings (SSSR count). The summed E-state index contributed by atoms with van der Waals surface area (Å²) in [6, 6.07) is 0. The first kappa shape index (κ1) is 9.17. The van der Waals surface area contributed by atoms with Crippen LogP contribution in [0, 0.1) is 0 Å². The number of rotatable bonds is 0. The summed E-state index contributed by atoms with van der Waals surface area (Å²) in [6.07, 6.45) is 0. The Bertz CT molecular complexity index is 4.00. The van der Waals surface area contributed by atoms with E-state index in [1.807, 2.05) is 0 Å². The first-order valence-corrected chi connectivity index (χ1v) is 6.80. The Balaban J connectivity index is 0. The predicted octanol–water partition coefficient (Wildman–Crippen LogP) is -0.453. The highest BCUT2D eigenvalue weighted by molar-refractivity contribution is 6.81. The lowest BCUT2D eigenvalue weighted by Gasteiger charge is -1.01. The number of hydrogen-bond donors (Lipinski definition) is 0. The van der Waals surface area contributed by atoms with Gasteiger partial charge in [-0.05, 0) is 0 Å². The van der Waals surface area contributed by atoms with Crippen LogP contribution >= 0.6 is 20.1 Å². The van der Waals surface area contributed by atoms with E-state index in [0.717, 1.165) is 30.7 Å². The van der Waals surface area contributed by atoms with Crippen LogP contribution in [-0.2, 0) is 0 Å². The Morgan fingerprint density at radius 3 is 0.750 bits per heavy atom. The SMILES string of the molecule is [AlH2][Cl].[AlH2][Cl]. The summed E-state index contributed by atoms with van der Waals surface area (Å²) in [5.41, 5.74) is 0. The lowest BCUT2D eigenvalue weighted by atomic mass is 26.9. The number of hydrogen-bond acceptors (Lipinski definition) is 0. The Morgan fingerprint density at radius 1 is 0.750 bits per heavy atom. The summed E-state index contributed by atoms with van der Waals surface area (Å²) in [6.45, 7) is 0. The van der Waals surface area contributed by atoms with E-state index in [2.05, 4.69) is 0 Å². The predicted molar refractivity (Wildman–Crippen MR) is 28.8 cm³/mol. The van der Waals surface area contributed by atoms with Crippen molar-refractivity contribution >= 4 is 50.8 Å². The molecule has 0 amide bonds. The molecule has 0 aliphatic carbocycles. The third kappa shape index (κ3) is 9.42. The van der Waals surface area contributed by atoms with Crippen molar-refractivity contribution in [2.24, 2.45) is 0 Å². The van der Waals surface area contributed by atoms with Crippen LogP contribution < -0.4 is 0 Å². The highest BCUT2D eigenvalue weighted by Gasteiger charge is 1.09. The molecule has 4 heavy (non-hydrogen) atoms. The molecule has 0 saturated heterocycles. The van der Waals surface area contributed by atoms with E-state index in [-0.39, 0.29) is 0 Å². The fourth-order valence-electron chi connectivity index (χ4n) is 0. The lowest BCUT2D eigenvalue weighted by Crippen LogP contribution is -0.980. The Hall–Kier alpha value is 1.64. The zero-order chi connectivity index (χ0) is 4.00. The summed E-state index contributed by atoms with van der Waals surface area (Å²) in [5, 5.41) is 0. The van der Waals surface area contributed by atoms with Gasteiger partial charge >= 0.3 is 30.7 Å². The molecule has 0 atom stereocenters. The van der Waals surface area contributed by atoms with Gasteiger partial charge in [-0.15, -0.1) is 0 Å². The number of halogens is 2. The molecule has 24 valence electrons. The van der Waals surface area contributed by atoms with E-state index in [9.17, 15) is 0 Å². The molecule has 0 unspecified atom stereocenters. The molecule has 0 nitrogen and oxygen atoms in total. The van der Waals surface area contributed by atoms with E-state index < -0.39 is 0 Å². The molecular formula is H4Al2Cl2. The molecule has 0 fully saturated rings. The maximum Gasteiger partial charge on any atom is 0.353 e. The standard InChI is InChI=1S/2Al.2ClH.4H/h;;2*1H;;;;/q2*+1;;;;;;/p-2. The molecule has 0 heterocycles. The van der Waals surface area contributed by atoms with Crippen molar-refractivity contribution in [2.75, 3.05) is 0 Å². The fourth-order valence-corrected chi connectivity index (χ4v) is 0. The quantitative estimate of drug-likeness (QED) is 0.388. The average Bonchev–Trinajstić information content (AvgIpc) is 1.50. The highest BCUT2D eigenvalue weighted by atomic mass is 35.6. The molecule has 0 aromatic carbocycles. The fraction of sp³-hybridized carbons (Fsp3) is 0. The summed E-state index contributed by atoms with van der Waals surface area (Å²) in [5.74, 6) is 0. The van der Waals surface area contributed by atoms with Gasteiger partial charge in [0.05, 0.1) is 0 Å². The van der Waals surface area contributed by atoms with Crippen molar-refractivity contribution in [1.29, 1.82) is 0 Å². The van der Waals surface area contributed by atoms with Gasteiger partial charge in [0, 0.05) is 0 Å². The van der Waals surface area contributed by atoms with Gasteiger partial charge < -0.3 is 0 Å².